The minimum atomic E-state index is -0.567. The molecule has 1 N–H and O–H groups in total. The van der Waals surface area contributed by atoms with E-state index in [1.165, 1.54) is 24.3 Å². The molecule has 4 aromatic carbocycles. The first-order chi connectivity index (χ1) is 19.8. The maximum atomic E-state index is 12.9. The summed E-state index contributed by atoms with van der Waals surface area (Å²) < 4.78 is 17.2. The van der Waals surface area contributed by atoms with Crippen LogP contribution in [0.5, 0.6) is 17.2 Å². The maximum Gasteiger partial charge on any atom is 0.266 e. The van der Waals surface area contributed by atoms with E-state index in [4.69, 9.17) is 37.4 Å². The van der Waals surface area contributed by atoms with E-state index in [0.29, 0.717) is 51.8 Å². The molecule has 41 heavy (non-hydrogen) atoms. The second-order valence-corrected chi connectivity index (χ2v) is 10.1. The molecule has 4 rings (SSSR count). The summed E-state index contributed by atoms with van der Waals surface area (Å²) in [4.78, 5) is 12.9. The first-order valence-corrected chi connectivity index (χ1v) is 13.5. The third-order valence-corrected chi connectivity index (χ3v) is 7.00. The van der Waals surface area contributed by atoms with Crippen LogP contribution in [0.4, 0.5) is 5.69 Å². The van der Waals surface area contributed by atoms with Crippen LogP contribution in [0.25, 0.3) is 6.08 Å². The Labute approximate surface area is 249 Å². The molecule has 0 aliphatic carbocycles. The highest BCUT2D eigenvalue weighted by Gasteiger charge is 2.15. The van der Waals surface area contributed by atoms with Gasteiger partial charge in [-0.25, -0.2) is 0 Å². The molecule has 0 aliphatic rings. The van der Waals surface area contributed by atoms with Crippen molar-refractivity contribution in [2.45, 2.75) is 27.1 Å². The van der Waals surface area contributed by atoms with Crippen molar-refractivity contribution in [3.05, 3.63) is 122 Å². The topological polar surface area (TPSA) is 80.6 Å². The fourth-order valence-corrected chi connectivity index (χ4v) is 4.40. The van der Waals surface area contributed by atoms with E-state index in [0.717, 1.165) is 11.1 Å². The molecule has 8 heteroatoms. The van der Waals surface area contributed by atoms with Crippen molar-refractivity contribution in [2.24, 2.45) is 0 Å². The minimum absolute atomic E-state index is 0.106. The SMILES string of the molecule is COc1cc(/C=C(\C#N)C(=O)Nc2ccc(OCc3ccccc3Cl)cc2)cc(Cl)c1OCc1ccc(C)c(C)c1. The average molecular weight is 588 g/mol. The smallest absolute Gasteiger partial charge is 0.266 e. The summed E-state index contributed by atoms with van der Waals surface area (Å²) in [6, 6.07) is 25.6. The van der Waals surface area contributed by atoms with Crippen molar-refractivity contribution in [1.29, 1.82) is 5.26 Å². The van der Waals surface area contributed by atoms with Crippen LogP contribution in [0.15, 0.2) is 84.4 Å². The molecular weight excluding hydrogens is 559 g/mol. The number of methoxy groups -OCH3 is 1. The average Bonchev–Trinajstić information content (AvgIpc) is 2.97. The van der Waals surface area contributed by atoms with E-state index >= 15 is 0 Å². The minimum Gasteiger partial charge on any atom is -0.493 e. The number of nitrogens with zero attached hydrogens (tertiary/aromatic N) is 1. The summed E-state index contributed by atoms with van der Waals surface area (Å²) in [6.45, 7) is 4.72. The number of carbonyl (C=O) groups excluding carboxylic acids is 1. The summed E-state index contributed by atoms with van der Waals surface area (Å²) in [5, 5.41) is 13.3. The molecule has 0 fully saturated rings. The Morgan fingerprint density at radius 3 is 2.34 bits per heavy atom. The van der Waals surface area contributed by atoms with Gasteiger partial charge in [-0.1, -0.05) is 59.6 Å². The summed E-state index contributed by atoms with van der Waals surface area (Å²) in [5.41, 5.74) is 5.16. The molecule has 0 unspecified atom stereocenters. The Bertz CT molecular complexity index is 1630. The summed E-state index contributed by atoms with van der Waals surface area (Å²) >= 11 is 12.7. The zero-order valence-corrected chi connectivity index (χ0v) is 24.3. The van der Waals surface area contributed by atoms with E-state index in [2.05, 4.69) is 18.3 Å². The third kappa shape index (κ3) is 7.82. The van der Waals surface area contributed by atoms with Crippen LogP contribution in [0.2, 0.25) is 10.0 Å². The highest BCUT2D eigenvalue weighted by atomic mass is 35.5. The molecule has 0 bridgehead atoms. The van der Waals surface area contributed by atoms with Crippen LogP contribution in [-0.2, 0) is 18.0 Å². The summed E-state index contributed by atoms with van der Waals surface area (Å²) in [5.74, 6) is 0.810. The van der Waals surface area contributed by atoms with Crippen molar-refractivity contribution < 1.29 is 19.0 Å². The molecule has 0 heterocycles. The van der Waals surface area contributed by atoms with E-state index in [-0.39, 0.29) is 5.57 Å². The van der Waals surface area contributed by atoms with Gasteiger partial charge in [-0.2, -0.15) is 5.26 Å². The summed E-state index contributed by atoms with van der Waals surface area (Å²) in [6.07, 6.45) is 1.44. The number of hydrogen-bond donors (Lipinski definition) is 1. The quantitative estimate of drug-likeness (QED) is 0.149. The van der Waals surface area contributed by atoms with Crippen LogP contribution in [0.3, 0.4) is 0 Å². The molecule has 0 saturated heterocycles. The largest absolute Gasteiger partial charge is 0.493 e. The van der Waals surface area contributed by atoms with Gasteiger partial charge in [-0.3, -0.25) is 4.79 Å². The van der Waals surface area contributed by atoms with Gasteiger partial charge in [-0.05, 0) is 84.6 Å². The van der Waals surface area contributed by atoms with Crippen molar-refractivity contribution >= 4 is 40.9 Å². The van der Waals surface area contributed by atoms with Crippen LogP contribution < -0.4 is 19.5 Å². The Morgan fingerprint density at radius 2 is 1.66 bits per heavy atom. The Kier molecular flexibility index (Phi) is 9.91. The molecule has 0 saturated carbocycles. The molecule has 4 aromatic rings. The Morgan fingerprint density at radius 1 is 0.902 bits per heavy atom. The lowest BCUT2D eigenvalue weighted by Gasteiger charge is -2.14. The monoisotopic (exact) mass is 586 g/mol. The lowest BCUT2D eigenvalue weighted by Crippen LogP contribution is -2.13. The second-order valence-electron chi connectivity index (χ2n) is 9.27. The number of aryl methyl sites for hydroxylation is 2. The second kappa shape index (κ2) is 13.8. The van der Waals surface area contributed by atoms with Crippen molar-refractivity contribution in [3.8, 4) is 23.3 Å². The summed E-state index contributed by atoms with van der Waals surface area (Å²) in [7, 11) is 1.50. The van der Waals surface area contributed by atoms with E-state index in [1.54, 1.807) is 42.5 Å². The van der Waals surface area contributed by atoms with Crippen molar-refractivity contribution in [2.75, 3.05) is 12.4 Å². The normalized spacial score (nSPS) is 11.0. The molecular formula is C33H28Cl2N2O4. The highest BCUT2D eigenvalue weighted by Crippen LogP contribution is 2.37. The predicted octanol–water partition coefficient (Wildman–Crippen LogP) is 8.32. The van der Waals surface area contributed by atoms with E-state index in [9.17, 15) is 10.1 Å². The number of rotatable bonds is 10. The highest BCUT2D eigenvalue weighted by molar-refractivity contribution is 6.32. The molecule has 6 nitrogen and oxygen atoms in total. The zero-order chi connectivity index (χ0) is 29.4. The van der Waals surface area contributed by atoms with Gasteiger partial charge in [0.25, 0.3) is 5.91 Å². The van der Waals surface area contributed by atoms with Crippen LogP contribution in [-0.4, -0.2) is 13.0 Å². The van der Waals surface area contributed by atoms with Crippen molar-refractivity contribution in [3.63, 3.8) is 0 Å². The van der Waals surface area contributed by atoms with E-state index in [1.807, 2.05) is 43.3 Å². The van der Waals surface area contributed by atoms with E-state index < -0.39 is 5.91 Å². The molecule has 1 amide bonds. The zero-order valence-electron chi connectivity index (χ0n) is 22.8. The van der Waals surface area contributed by atoms with Gasteiger partial charge in [0.2, 0.25) is 0 Å². The Balaban J connectivity index is 1.42. The number of ether oxygens (including phenoxy) is 3. The van der Waals surface area contributed by atoms with Gasteiger partial charge >= 0.3 is 0 Å². The third-order valence-electron chi connectivity index (χ3n) is 6.35. The molecule has 0 spiro atoms. The number of carbonyl (C=O) groups is 1. The molecule has 208 valence electrons. The molecule has 0 aliphatic heterocycles. The number of halogens is 2. The number of anilines is 1. The van der Waals surface area contributed by atoms with Crippen molar-refractivity contribution in [1.82, 2.24) is 0 Å². The van der Waals surface area contributed by atoms with Crippen LogP contribution >= 0.6 is 23.2 Å². The number of benzene rings is 4. The predicted molar refractivity (Wildman–Crippen MR) is 163 cm³/mol. The fraction of sp³-hybridized carbons (Fsp3) is 0.152. The standard InChI is InChI=1S/C33H28Cl2N2O4/c1-21-8-9-23(14-22(21)2)19-41-32-30(35)16-24(17-31(32)39-3)15-26(18-36)33(38)37-27-10-12-28(13-11-27)40-20-25-6-4-5-7-29(25)34/h4-17H,19-20H2,1-3H3,(H,37,38)/b26-15+. The first kappa shape index (κ1) is 29.5. The lowest BCUT2D eigenvalue weighted by atomic mass is 10.1. The maximum absolute atomic E-state index is 12.9. The van der Waals surface area contributed by atoms with Crippen LogP contribution in [0.1, 0.15) is 27.8 Å². The van der Waals surface area contributed by atoms with Gasteiger partial charge in [-0.15, -0.1) is 0 Å². The number of amides is 1. The van der Waals surface area contributed by atoms with Gasteiger partial charge < -0.3 is 19.5 Å². The number of hydrogen-bond acceptors (Lipinski definition) is 5. The lowest BCUT2D eigenvalue weighted by molar-refractivity contribution is -0.112. The Hall–Kier alpha value is -4.44. The molecule has 0 aromatic heterocycles. The molecule has 0 atom stereocenters. The van der Waals surface area contributed by atoms with Gasteiger partial charge in [0.1, 0.15) is 30.6 Å². The van der Waals surface area contributed by atoms with Gasteiger partial charge in [0.05, 0.1) is 12.1 Å². The number of nitrogens with one attached hydrogen (secondary N) is 1. The number of nitriles is 1. The molecule has 0 radical (unpaired) electrons. The van der Waals surface area contributed by atoms with Gasteiger partial charge in [0.15, 0.2) is 11.5 Å². The first-order valence-electron chi connectivity index (χ1n) is 12.7. The van der Waals surface area contributed by atoms with Crippen LogP contribution in [0, 0.1) is 25.2 Å². The fourth-order valence-electron chi connectivity index (χ4n) is 3.94. The van der Waals surface area contributed by atoms with Gasteiger partial charge in [0, 0.05) is 16.3 Å².